The first-order valence-corrected chi connectivity index (χ1v) is 6.60. The van der Waals surface area contributed by atoms with Crippen molar-refractivity contribution in [3.8, 4) is 0 Å². The van der Waals surface area contributed by atoms with E-state index in [2.05, 4.69) is 41.8 Å². The van der Waals surface area contributed by atoms with Crippen LogP contribution in [0.4, 0.5) is 0 Å². The lowest BCUT2D eigenvalue weighted by molar-refractivity contribution is 0.472. The number of halogens is 1. The zero-order chi connectivity index (χ0) is 9.23. The first kappa shape index (κ1) is 12.7. The summed E-state index contributed by atoms with van der Waals surface area (Å²) in [7, 11) is 0. The molecule has 0 fully saturated rings. The Bertz CT molecular complexity index is 85.9. The van der Waals surface area contributed by atoms with Crippen molar-refractivity contribution in [2.24, 2.45) is 5.92 Å². The van der Waals surface area contributed by atoms with Gasteiger partial charge >= 0.3 is 0 Å². The third-order valence-electron chi connectivity index (χ3n) is 2.01. The maximum absolute atomic E-state index is 3.50. The van der Waals surface area contributed by atoms with Crippen LogP contribution in [0.25, 0.3) is 0 Å². The Morgan fingerprint density at radius 2 is 2.08 bits per heavy atom. The summed E-state index contributed by atoms with van der Waals surface area (Å²) < 4.78 is 1.30. The molecule has 0 amide bonds. The Labute approximate surface area is 90.8 Å². The van der Waals surface area contributed by atoms with Crippen LogP contribution in [0.15, 0.2) is 0 Å². The van der Waals surface area contributed by atoms with Crippen LogP contribution in [0.1, 0.15) is 39.5 Å². The fourth-order valence-corrected chi connectivity index (χ4v) is 1.83. The third kappa shape index (κ3) is 8.78. The van der Waals surface area contributed by atoms with Crippen LogP contribution in [-0.2, 0) is 0 Å². The van der Waals surface area contributed by atoms with Crippen LogP contribution in [0.3, 0.4) is 0 Å². The largest absolute Gasteiger partial charge is 0.316 e. The lowest BCUT2D eigenvalue weighted by Crippen LogP contribution is -2.22. The Kier molecular flexibility index (Phi) is 10.3. The minimum Gasteiger partial charge on any atom is -0.316 e. The van der Waals surface area contributed by atoms with Crippen molar-refractivity contribution < 1.29 is 0 Å². The molecule has 1 N–H and O–H groups in total. The Balaban J connectivity index is 2.97. The highest BCUT2D eigenvalue weighted by Crippen LogP contribution is 2.02. The van der Waals surface area contributed by atoms with E-state index >= 15 is 0 Å². The summed E-state index contributed by atoms with van der Waals surface area (Å²) in [4.78, 5) is 0. The average Bonchev–Trinajstić information content (AvgIpc) is 2.05. The predicted octanol–water partition coefficient (Wildman–Crippen LogP) is 3.23. The van der Waals surface area contributed by atoms with Gasteiger partial charge in [0.2, 0.25) is 0 Å². The van der Waals surface area contributed by atoms with Crippen molar-refractivity contribution in [1.82, 2.24) is 5.32 Å². The van der Waals surface area contributed by atoms with Gasteiger partial charge in [0.1, 0.15) is 0 Å². The van der Waals surface area contributed by atoms with Crippen LogP contribution in [0.5, 0.6) is 0 Å². The fourth-order valence-electron chi connectivity index (χ4n) is 1.29. The first-order chi connectivity index (χ1) is 5.81. The molecule has 2 heteroatoms. The van der Waals surface area contributed by atoms with Gasteiger partial charge < -0.3 is 5.32 Å². The number of unbranched alkanes of at least 4 members (excludes halogenated alkanes) is 1. The minimum atomic E-state index is 0.856. The van der Waals surface area contributed by atoms with Crippen molar-refractivity contribution >= 4 is 22.6 Å². The van der Waals surface area contributed by atoms with Crippen molar-refractivity contribution in [2.75, 3.05) is 17.5 Å². The van der Waals surface area contributed by atoms with Gasteiger partial charge in [0, 0.05) is 0 Å². The molecular formula is C10H22IN. The van der Waals surface area contributed by atoms with Crippen LogP contribution >= 0.6 is 22.6 Å². The second-order valence-electron chi connectivity index (χ2n) is 3.49. The van der Waals surface area contributed by atoms with Gasteiger partial charge in [0.05, 0.1) is 0 Å². The summed E-state index contributed by atoms with van der Waals surface area (Å²) in [6, 6.07) is 0. The molecule has 0 saturated carbocycles. The van der Waals surface area contributed by atoms with E-state index < -0.39 is 0 Å². The van der Waals surface area contributed by atoms with Gasteiger partial charge in [-0.25, -0.2) is 0 Å². The summed E-state index contributed by atoms with van der Waals surface area (Å²) in [5.41, 5.74) is 0. The van der Waals surface area contributed by atoms with E-state index in [1.165, 1.54) is 43.2 Å². The van der Waals surface area contributed by atoms with E-state index in [1.807, 2.05) is 0 Å². The molecule has 0 radical (unpaired) electrons. The Hall–Kier alpha value is 0.690. The summed E-state index contributed by atoms with van der Waals surface area (Å²) in [5, 5.41) is 3.50. The summed E-state index contributed by atoms with van der Waals surface area (Å²) in [5.74, 6) is 0.856. The summed E-state index contributed by atoms with van der Waals surface area (Å²) >= 11 is 2.44. The molecule has 0 rings (SSSR count). The monoisotopic (exact) mass is 283 g/mol. The quantitative estimate of drug-likeness (QED) is 0.410. The van der Waals surface area contributed by atoms with Crippen molar-refractivity contribution in [2.45, 2.75) is 39.5 Å². The van der Waals surface area contributed by atoms with Crippen LogP contribution in [0, 0.1) is 5.92 Å². The van der Waals surface area contributed by atoms with E-state index in [0.717, 1.165) is 5.92 Å². The molecule has 0 aromatic rings. The molecule has 0 aliphatic carbocycles. The molecule has 0 aliphatic heterocycles. The van der Waals surface area contributed by atoms with E-state index in [9.17, 15) is 0 Å². The molecule has 0 aromatic heterocycles. The first-order valence-electron chi connectivity index (χ1n) is 5.08. The average molecular weight is 283 g/mol. The maximum atomic E-state index is 3.50. The normalized spacial score (nSPS) is 13.2. The van der Waals surface area contributed by atoms with Gasteiger partial charge in [0.15, 0.2) is 0 Å². The summed E-state index contributed by atoms with van der Waals surface area (Å²) in [6.07, 6.45) is 5.37. The maximum Gasteiger partial charge on any atom is -0.000426 e. The van der Waals surface area contributed by atoms with Gasteiger partial charge in [-0.05, 0) is 42.7 Å². The van der Waals surface area contributed by atoms with E-state index in [-0.39, 0.29) is 0 Å². The molecule has 74 valence electrons. The second-order valence-corrected chi connectivity index (χ2v) is 4.57. The Morgan fingerprint density at radius 3 is 2.67 bits per heavy atom. The molecular weight excluding hydrogens is 261 g/mol. The molecule has 12 heavy (non-hydrogen) atoms. The minimum absolute atomic E-state index is 0.856. The van der Waals surface area contributed by atoms with Crippen molar-refractivity contribution in [1.29, 1.82) is 0 Å². The topological polar surface area (TPSA) is 12.0 Å². The van der Waals surface area contributed by atoms with Crippen LogP contribution in [-0.4, -0.2) is 17.5 Å². The van der Waals surface area contributed by atoms with Gasteiger partial charge in [-0.3, -0.25) is 0 Å². The van der Waals surface area contributed by atoms with Gasteiger partial charge in [-0.1, -0.05) is 42.9 Å². The Morgan fingerprint density at radius 1 is 1.33 bits per heavy atom. The van der Waals surface area contributed by atoms with Crippen LogP contribution in [0.2, 0.25) is 0 Å². The highest BCUT2D eigenvalue weighted by Gasteiger charge is 1.98. The number of nitrogens with one attached hydrogen (secondary N) is 1. The van der Waals surface area contributed by atoms with Crippen molar-refractivity contribution in [3.05, 3.63) is 0 Å². The zero-order valence-corrected chi connectivity index (χ0v) is 10.6. The van der Waals surface area contributed by atoms with Crippen molar-refractivity contribution in [3.63, 3.8) is 0 Å². The molecule has 0 heterocycles. The zero-order valence-electron chi connectivity index (χ0n) is 8.41. The van der Waals surface area contributed by atoms with E-state index in [0.29, 0.717) is 0 Å². The third-order valence-corrected chi connectivity index (χ3v) is 2.77. The van der Waals surface area contributed by atoms with Gasteiger partial charge in [-0.15, -0.1) is 0 Å². The molecule has 1 unspecified atom stereocenters. The van der Waals surface area contributed by atoms with E-state index in [1.54, 1.807) is 0 Å². The second kappa shape index (κ2) is 9.78. The lowest BCUT2D eigenvalue weighted by atomic mass is 10.1. The van der Waals surface area contributed by atoms with Crippen LogP contribution < -0.4 is 5.32 Å². The smallest absolute Gasteiger partial charge is 0.000426 e. The number of alkyl halides is 1. The lowest BCUT2D eigenvalue weighted by Gasteiger charge is -2.10. The summed E-state index contributed by atoms with van der Waals surface area (Å²) in [6.45, 7) is 6.99. The molecule has 0 saturated heterocycles. The highest BCUT2D eigenvalue weighted by molar-refractivity contribution is 14.1. The van der Waals surface area contributed by atoms with E-state index in [4.69, 9.17) is 0 Å². The molecule has 1 atom stereocenters. The number of rotatable bonds is 8. The molecule has 1 nitrogen and oxygen atoms in total. The predicted molar refractivity (Wildman–Crippen MR) is 65.1 cm³/mol. The standard InChI is InChI=1S/C10H22IN/c1-3-6-10(2)9-12-8-5-4-7-11/h10,12H,3-9H2,1-2H3. The van der Waals surface area contributed by atoms with Gasteiger partial charge in [0.25, 0.3) is 0 Å². The molecule has 0 spiro atoms. The highest BCUT2D eigenvalue weighted by atomic mass is 127. The number of hydrogen-bond acceptors (Lipinski definition) is 1. The SMILES string of the molecule is CCCC(C)CNCCCCI. The number of hydrogen-bond donors (Lipinski definition) is 1. The molecule has 0 aliphatic rings. The fraction of sp³-hybridized carbons (Fsp3) is 1.00. The van der Waals surface area contributed by atoms with Gasteiger partial charge in [-0.2, -0.15) is 0 Å². The molecule has 0 bridgehead atoms. The molecule has 0 aromatic carbocycles.